The first-order valence-corrected chi connectivity index (χ1v) is 9.70. The van der Waals surface area contributed by atoms with E-state index >= 15 is 0 Å². The van der Waals surface area contributed by atoms with Gasteiger partial charge in [0.05, 0.1) is 6.54 Å². The van der Waals surface area contributed by atoms with Crippen molar-refractivity contribution in [2.24, 2.45) is 5.73 Å². The molecule has 0 aromatic heterocycles. The van der Waals surface area contributed by atoms with Crippen molar-refractivity contribution in [1.29, 1.82) is 0 Å². The third kappa shape index (κ3) is 10.2. The summed E-state index contributed by atoms with van der Waals surface area (Å²) in [4.78, 5) is 35.5. The molecule has 1 atom stereocenters. The molecule has 0 spiro atoms. The van der Waals surface area contributed by atoms with Crippen LogP contribution in [0.25, 0.3) is 0 Å². The highest BCUT2D eigenvalue weighted by Crippen LogP contribution is 2.12. The quantitative estimate of drug-likeness (QED) is 0.291. The van der Waals surface area contributed by atoms with Gasteiger partial charge in [-0.05, 0) is 12.8 Å². The molecule has 0 heterocycles. The Morgan fingerprint density at radius 2 is 1.32 bits per heavy atom. The largest absolute Gasteiger partial charge is 0.479 e. The van der Waals surface area contributed by atoms with Crippen LogP contribution in [0.2, 0.25) is 0 Å². The summed E-state index contributed by atoms with van der Waals surface area (Å²) >= 11 is 0. The first-order chi connectivity index (χ1) is 11.9. The molecular formula is C19H36N2O4. The number of amides is 1. The van der Waals surface area contributed by atoms with Crippen LogP contribution in [0.5, 0.6) is 0 Å². The van der Waals surface area contributed by atoms with Crippen LogP contribution in [0.4, 0.5) is 0 Å². The summed E-state index contributed by atoms with van der Waals surface area (Å²) in [6, 6.07) is 0. The fourth-order valence-corrected chi connectivity index (χ4v) is 2.62. The predicted octanol–water partition coefficient (Wildman–Crippen LogP) is 3.17. The summed E-state index contributed by atoms with van der Waals surface area (Å²) in [5.41, 5.74) is 3.78. The Kier molecular flexibility index (Phi) is 13.0. The third-order valence-corrected chi connectivity index (χ3v) is 4.46. The van der Waals surface area contributed by atoms with Crippen LogP contribution in [-0.2, 0) is 14.4 Å². The SMILES string of the molecule is CCCCCCCC(=O)NC[C@@](N)(C(=O)O)C(=O)CCCCCCC. The maximum absolute atomic E-state index is 12.2. The zero-order valence-electron chi connectivity index (χ0n) is 15.9. The van der Waals surface area contributed by atoms with Gasteiger partial charge in [-0.3, -0.25) is 9.59 Å². The van der Waals surface area contributed by atoms with Crippen LogP contribution in [0.15, 0.2) is 0 Å². The molecule has 0 radical (unpaired) electrons. The molecule has 4 N–H and O–H groups in total. The topological polar surface area (TPSA) is 109 Å². The average molecular weight is 357 g/mol. The van der Waals surface area contributed by atoms with Crippen LogP contribution < -0.4 is 11.1 Å². The van der Waals surface area contributed by atoms with E-state index in [0.717, 1.165) is 57.8 Å². The Bertz CT molecular complexity index is 412. The minimum Gasteiger partial charge on any atom is -0.479 e. The van der Waals surface area contributed by atoms with Crippen molar-refractivity contribution in [2.45, 2.75) is 96.4 Å². The molecule has 6 heteroatoms. The molecule has 1 amide bonds. The second-order valence-corrected chi connectivity index (χ2v) is 6.80. The van der Waals surface area contributed by atoms with E-state index in [9.17, 15) is 19.5 Å². The Hall–Kier alpha value is -1.43. The zero-order valence-corrected chi connectivity index (χ0v) is 15.9. The molecule has 6 nitrogen and oxygen atoms in total. The molecule has 0 aromatic rings. The van der Waals surface area contributed by atoms with Crippen molar-refractivity contribution in [2.75, 3.05) is 6.54 Å². The van der Waals surface area contributed by atoms with Gasteiger partial charge in [-0.2, -0.15) is 0 Å². The van der Waals surface area contributed by atoms with Crippen molar-refractivity contribution in [3.63, 3.8) is 0 Å². The number of hydrogen-bond acceptors (Lipinski definition) is 4. The molecular weight excluding hydrogens is 320 g/mol. The van der Waals surface area contributed by atoms with E-state index in [1.807, 2.05) is 0 Å². The van der Waals surface area contributed by atoms with Gasteiger partial charge in [-0.1, -0.05) is 65.2 Å². The maximum atomic E-state index is 12.2. The lowest BCUT2D eigenvalue weighted by atomic mass is 9.91. The van der Waals surface area contributed by atoms with E-state index < -0.39 is 17.3 Å². The number of rotatable bonds is 16. The lowest BCUT2D eigenvalue weighted by Crippen LogP contribution is -2.61. The summed E-state index contributed by atoms with van der Waals surface area (Å²) in [5.74, 6) is -2.14. The Balaban J connectivity index is 4.25. The smallest absolute Gasteiger partial charge is 0.333 e. The molecule has 0 rings (SSSR count). The van der Waals surface area contributed by atoms with Crippen LogP contribution in [0, 0.1) is 0 Å². The number of hydrogen-bond donors (Lipinski definition) is 3. The summed E-state index contributed by atoms with van der Waals surface area (Å²) in [6.45, 7) is 3.89. The van der Waals surface area contributed by atoms with Gasteiger partial charge < -0.3 is 16.2 Å². The number of ketones is 1. The van der Waals surface area contributed by atoms with Crippen molar-refractivity contribution < 1.29 is 19.5 Å². The second-order valence-electron chi connectivity index (χ2n) is 6.80. The van der Waals surface area contributed by atoms with Gasteiger partial charge in [-0.15, -0.1) is 0 Å². The van der Waals surface area contributed by atoms with Crippen molar-refractivity contribution in [3.05, 3.63) is 0 Å². The Morgan fingerprint density at radius 3 is 1.80 bits per heavy atom. The Morgan fingerprint density at radius 1 is 0.840 bits per heavy atom. The molecule has 0 bridgehead atoms. The van der Waals surface area contributed by atoms with Gasteiger partial charge in [-0.25, -0.2) is 4.79 Å². The maximum Gasteiger partial charge on any atom is 0.333 e. The van der Waals surface area contributed by atoms with E-state index in [1.165, 1.54) is 0 Å². The molecule has 0 saturated carbocycles. The molecule has 0 fully saturated rings. The van der Waals surface area contributed by atoms with E-state index in [1.54, 1.807) is 0 Å². The first-order valence-electron chi connectivity index (χ1n) is 9.70. The Labute approximate surface area is 151 Å². The van der Waals surface area contributed by atoms with Crippen molar-refractivity contribution >= 4 is 17.7 Å². The number of Topliss-reactive ketones (excluding diaryl/α,β-unsaturated/α-hetero) is 1. The summed E-state index contributed by atoms with van der Waals surface area (Å²) in [6.07, 6.45) is 10.4. The number of carboxylic acid groups (broad SMARTS) is 1. The highest BCUT2D eigenvalue weighted by molar-refractivity contribution is 6.08. The number of carbonyl (C=O) groups excluding carboxylic acids is 2. The van der Waals surface area contributed by atoms with Gasteiger partial charge in [0.15, 0.2) is 11.3 Å². The third-order valence-electron chi connectivity index (χ3n) is 4.46. The molecule has 0 aromatic carbocycles. The minimum absolute atomic E-state index is 0.138. The fourth-order valence-electron chi connectivity index (χ4n) is 2.62. The lowest BCUT2D eigenvalue weighted by Gasteiger charge is -2.23. The highest BCUT2D eigenvalue weighted by atomic mass is 16.4. The van der Waals surface area contributed by atoms with Crippen LogP contribution in [0.1, 0.15) is 90.9 Å². The predicted molar refractivity (Wildman–Crippen MR) is 99.3 cm³/mol. The molecule has 0 aliphatic carbocycles. The van der Waals surface area contributed by atoms with Crippen molar-refractivity contribution in [1.82, 2.24) is 5.32 Å². The normalized spacial score (nSPS) is 13.2. The molecule has 0 saturated heterocycles. The van der Waals surface area contributed by atoms with Gasteiger partial charge in [0.25, 0.3) is 0 Å². The number of nitrogens with one attached hydrogen (secondary N) is 1. The number of nitrogens with two attached hydrogens (primary N) is 1. The van der Waals surface area contributed by atoms with Gasteiger partial charge >= 0.3 is 5.97 Å². The average Bonchev–Trinajstić information content (AvgIpc) is 2.58. The fraction of sp³-hybridized carbons (Fsp3) is 0.842. The highest BCUT2D eigenvalue weighted by Gasteiger charge is 2.41. The standard InChI is InChI=1S/C19H36N2O4/c1-3-5-7-9-11-13-16(22)19(20,18(24)25)15-21-17(23)14-12-10-8-6-4-2/h3-15,20H2,1-2H3,(H,21,23)(H,24,25)/t19-/m0/s1. The van der Waals surface area contributed by atoms with Crippen LogP contribution in [0.3, 0.4) is 0 Å². The zero-order chi connectivity index (χ0) is 19.1. The molecule has 0 aliphatic heterocycles. The van der Waals surface area contributed by atoms with E-state index in [0.29, 0.717) is 12.8 Å². The first kappa shape index (κ1) is 23.6. The molecule has 0 unspecified atom stereocenters. The van der Waals surface area contributed by atoms with Crippen LogP contribution >= 0.6 is 0 Å². The summed E-state index contributed by atoms with van der Waals surface area (Å²) < 4.78 is 0. The lowest BCUT2D eigenvalue weighted by molar-refractivity contribution is -0.148. The monoisotopic (exact) mass is 356 g/mol. The van der Waals surface area contributed by atoms with E-state index in [-0.39, 0.29) is 18.9 Å². The molecule has 146 valence electrons. The summed E-state index contributed by atoms with van der Waals surface area (Å²) in [5, 5.41) is 11.9. The van der Waals surface area contributed by atoms with Crippen LogP contribution in [-0.4, -0.2) is 34.8 Å². The molecule has 25 heavy (non-hydrogen) atoms. The van der Waals surface area contributed by atoms with E-state index in [4.69, 9.17) is 5.73 Å². The number of carbonyl (C=O) groups is 3. The second kappa shape index (κ2) is 13.8. The number of carboxylic acids is 1. The van der Waals surface area contributed by atoms with Gasteiger partial charge in [0, 0.05) is 12.8 Å². The summed E-state index contributed by atoms with van der Waals surface area (Å²) in [7, 11) is 0. The van der Waals surface area contributed by atoms with E-state index in [2.05, 4.69) is 19.2 Å². The number of aliphatic carboxylic acids is 1. The number of unbranched alkanes of at least 4 members (excludes halogenated alkanes) is 8. The van der Waals surface area contributed by atoms with Crippen molar-refractivity contribution in [3.8, 4) is 0 Å². The van der Waals surface area contributed by atoms with Gasteiger partial charge in [0.2, 0.25) is 5.91 Å². The minimum atomic E-state index is -2.03. The molecule has 0 aliphatic rings. The van der Waals surface area contributed by atoms with Gasteiger partial charge in [0.1, 0.15) is 0 Å².